The number of ether oxygens (including phenoxy) is 1. The molecule has 0 bridgehead atoms. The second kappa shape index (κ2) is 4.93. The molecule has 1 aliphatic heterocycles. The highest BCUT2D eigenvalue weighted by Gasteiger charge is 2.73. The molecule has 2 rings (SSSR count). The third-order valence-corrected chi connectivity index (χ3v) is 3.25. The summed E-state index contributed by atoms with van der Waals surface area (Å²) in [6.45, 7) is -1.75. The first-order valence-electron chi connectivity index (χ1n) is 5.64. The number of hydrogen-bond donors (Lipinski definition) is 3. The lowest BCUT2D eigenvalue weighted by atomic mass is 9.95. The summed E-state index contributed by atoms with van der Waals surface area (Å²) < 4.78 is 58.5. The molecule has 1 aromatic heterocycles. The van der Waals surface area contributed by atoms with Crippen LogP contribution in [0, 0.1) is 0 Å². The highest BCUT2D eigenvalue weighted by atomic mass is 19.3. The molecule has 7 nitrogen and oxygen atoms in total. The molecular weight excluding hydrogens is 302 g/mol. The van der Waals surface area contributed by atoms with Gasteiger partial charge in [-0.3, -0.25) is 4.57 Å². The summed E-state index contributed by atoms with van der Waals surface area (Å²) in [4.78, 5) is 14.8. The van der Waals surface area contributed by atoms with Crippen LogP contribution in [0.1, 0.15) is 6.23 Å². The average Bonchev–Trinajstić information content (AvgIpc) is 2.59. The van der Waals surface area contributed by atoms with E-state index in [1.165, 1.54) is 0 Å². The summed E-state index contributed by atoms with van der Waals surface area (Å²) >= 11 is 0. The number of aliphatic hydroxyl groups excluding tert-OH is 2. The SMILES string of the molecule is Nc1ccn([C@@H]2O[C@@](CO)(C(F)F)C(F)(F)[C@H]2O)c(=O)n1. The van der Waals surface area contributed by atoms with Gasteiger partial charge in [0.05, 0.1) is 6.61 Å². The molecule has 0 spiro atoms. The number of alkyl halides is 4. The van der Waals surface area contributed by atoms with Gasteiger partial charge in [-0.1, -0.05) is 0 Å². The maximum absolute atomic E-state index is 13.9. The number of hydrogen-bond acceptors (Lipinski definition) is 6. The van der Waals surface area contributed by atoms with Crippen molar-refractivity contribution in [1.29, 1.82) is 0 Å². The van der Waals surface area contributed by atoms with E-state index in [2.05, 4.69) is 9.72 Å². The molecule has 1 fully saturated rings. The monoisotopic (exact) mass is 313 g/mol. The second-order valence-electron chi connectivity index (χ2n) is 4.47. The Morgan fingerprint density at radius 3 is 2.57 bits per heavy atom. The zero-order chi connectivity index (χ0) is 16.0. The second-order valence-corrected chi connectivity index (χ2v) is 4.47. The van der Waals surface area contributed by atoms with E-state index in [0.29, 0.717) is 4.57 Å². The Morgan fingerprint density at radius 2 is 2.14 bits per heavy atom. The average molecular weight is 313 g/mol. The number of halogens is 4. The fourth-order valence-electron chi connectivity index (χ4n) is 2.02. The topological polar surface area (TPSA) is 111 Å². The summed E-state index contributed by atoms with van der Waals surface area (Å²) in [6.07, 6.45) is -7.84. The van der Waals surface area contributed by atoms with E-state index in [0.717, 1.165) is 12.3 Å². The van der Waals surface area contributed by atoms with Crippen molar-refractivity contribution in [3.63, 3.8) is 0 Å². The van der Waals surface area contributed by atoms with Crippen LogP contribution < -0.4 is 11.4 Å². The minimum atomic E-state index is -4.48. The molecule has 1 aliphatic rings. The first-order valence-corrected chi connectivity index (χ1v) is 5.64. The van der Waals surface area contributed by atoms with Gasteiger partial charge >= 0.3 is 11.6 Å². The molecule has 0 radical (unpaired) electrons. The Bertz CT molecular complexity index is 596. The van der Waals surface area contributed by atoms with Gasteiger partial charge in [-0.05, 0) is 6.07 Å². The molecule has 0 unspecified atom stereocenters. The van der Waals surface area contributed by atoms with Gasteiger partial charge in [-0.25, -0.2) is 13.6 Å². The predicted octanol–water partition coefficient (Wildman–Crippen LogP) is -0.653. The lowest BCUT2D eigenvalue weighted by Gasteiger charge is -2.31. The van der Waals surface area contributed by atoms with Crippen molar-refractivity contribution in [3.05, 3.63) is 22.7 Å². The zero-order valence-corrected chi connectivity index (χ0v) is 10.3. The summed E-state index contributed by atoms with van der Waals surface area (Å²) in [5.74, 6) is -4.71. The van der Waals surface area contributed by atoms with Crippen molar-refractivity contribution in [2.45, 2.75) is 30.3 Å². The third kappa shape index (κ3) is 2.08. The number of aromatic nitrogens is 2. The number of anilines is 1. The van der Waals surface area contributed by atoms with E-state index < -0.39 is 42.6 Å². The molecule has 1 saturated heterocycles. The summed E-state index contributed by atoms with van der Waals surface area (Å²) in [5.41, 5.74) is 0.424. The van der Waals surface area contributed by atoms with Gasteiger partial charge in [0.15, 0.2) is 12.3 Å². The van der Waals surface area contributed by atoms with Crippen molar-refractivity contribution in [2.75, 3.05) is 12.3 Å². The van der Waals surface area contributed by atoms with Crippen LogP contribution in [0.5, 0.6) is 0 Å². The Morgan fingerprint density at radius 1 is 1.52 bits per heavy atom. The lowest BCUT2D eigenvalue weighted by molar-refractivity contribution is -0.244. The molecule has 0 saturated carbocycles. The molecule has 0 aromatic carbocycles. The maximum atomic E-state index is 13.9. The maximum Gasteiger partial charge on any atom is 0.351 e. The molecular formula is C10H11F4N3O4. The molecule has 1 aromatic rings. The molecule has 0 aliphatic carbocycles. The molecule has 21 heavy (non-hydrogen) atoms. The van der Waals surface area contributed by atoms with E-state index in [9.17, 15) is 27.5 Å². The number of nitrogen functional groups attached to an aromatic ring is 1. The van der Waals surface area contributed by atoms with Gasteiger partial charge in [-0.15, -0.1) is 0 Å². The van der Waals surface area contributed by atoms with Crippen molar-refractivity contribution in [1.82, 2.24) is 9.55 Å². The van der Waals surface area contributed by atoms with Gasteiger partial charge in [0.25, 0.3) is 6.43 Å². The summed E-state index contributed by atoms with van der Waals surface area (Å²) in [5, 5.41) is 18.4. The standard InChI is InChI=1S/C10H11F4N3O4/c11-7(12)9(3-18)10(13,14)5(19)6(21-9)17-2-1-4(15)16-8(17)20/h1-2,5-7,18-19H,3H2,(H2,15,16,20)/t5-,6+,9-/m0/s1. The van der Waals surface area contributed by atoms with Crippen molar-refractivity contribution < 1.29 is 32.5 Å². The minimum absolute atomic E-state index is 0.224. The quantitative estimate of drug-likeness (QED) is 0.639. The third-order valence-electron chi connectivity index (χ3n) is 3.25. The Kier molecular flexibility index (Phi) is 3.68. The predicted molar refractivity (Wildman–Crippen MR) is 59.8 cm³/mol. The van der Waals surface area contributed by atoms with Crippen LogP contribution in [-0.4, -0.2) is 50.4 Å². The fourth-order valence-corrected chi connectivity index (χ4v) is 2.02. The van der Waals surface area contributed by atoms with Gasteiger partial charge in [0.2, 0.25) is 5.60 Å². The molecule has 118 valence electrons. The van der Waals surface area contributed by atoms with E-state index in [-0.39, 0.29) is 5.82 Å². The van der Waals surface area contributed by atoms with Crippen LogP contribution in [0.4, 0.5) is 23.4 Å². The number of aliphatic hydroxyl groups is 2. The highest BCUT2D eigenvalue weighted by molar-refractivity contribution is 5.24. The largest absolute Gasteiger partial charge is 0.393 e. The van der Waals surface area contributed by atoms with Gasteiger partial charge in [0.1, 0.15) is 5.82 Å². The van der Waals surface area contributed by atoms with Crippen LogP contribution in [0.2, 0.25) is 0 Å². The van der Waals surface area contributed by atoms with Gasteiger partial charge < -0.3 is 20.7 Å². The Labute approximate surface area is 114 Å². The lowest BCUT2D eigenvalue weighted by Crippen LogP contribution is -2.57. The number of nitrogens with two attached hydrogens (primary N) is 1. The highest BCUT2D eigenvalue weighted by Crippen LogP contribution is 2.50. The van der Waals surface area contributed by atoms with Crippen molar-refractivity contribution in [2.24, 2.45) is 0 Å². The molecule has 2 heterocycles. The smallest absolute Gasteiger partial charge is 0.351 e. The zero-order valence-electron chi connectivity index (χ0n) is 10.3. The number of rotatable bonds is 3. The van der Waals surface area contributed by atoms with Gasteiger partial charge in [0, 0.05) is 6.20 Å². The fraction of sp³-hybridized carbons (Fsp3) is 0.600. The first-order chi connectivity index (χ1) is 9.67. The van der Waals surface area contributed by atoms with E-state index in [1.54, 1.807) is 0 Å². The Hall–Kier alpha value is -1.72. The molecule has 0 amide bonds. The molecule has 4 N–H and O–H groups in total. The van der Waals surface area contributed by atoms with Crippen molar-refractivity contribution in [3.8, 4) is 0 Å². The van der Waals surface area contributed by atoms with Crippen LogP contribution in [0.15, 0.2) is 17.1 Å². The normalized spacial score (nSPS) is 31.8. The van der Waals surface area contributed by atoms with E-state index in [4.69, 9.17) is 10.8 Å². The van der Waals surface area contributed by atoms with Crippen molar-refractivity contribution >= 4 is 5.82 Å². The van der Waals surface area contributed by atoms with E-state index >= 15 is 0 Å². The Balaban J connectivity index is 2.51. The first kappa shape index (κ1) is 15.7. The van der Waals surface area contributed by atoms with Crippen LogP contribution in [0.25, 0.3) is 0 Å². The number of nitrogens with zero attached hydrogens (tertiary/aromatic N) is 2. The summed E-state index contributed by atoms with van der Waals surface area (Å²) in [6, 6.07) is 1.04. The summed E-state index contributed by atoms with van der Waals surface area (Å²) in [7, 11) is 0. The molecule has 11 heteroatoms. The van der Waals surface area contributed by atoms with Gasteiger partial charge in [-0.2, -0.15) is 13.8 Å². The van der Waals surface area contributed by atoms with Crippen LogP contribution >= 0.6 is 0 Å². The molecule has 3 atom stereocenters. The van der Waals surface area contributed by atoms with Crippen LogP contribution in [-0.2, 0) is 4.74 Å². The van der Waals surface area contributed by atoms with Crippen LogP contribution in [0.3, 0.4) is 0 Å². The van der Waals surface area contributed by atoms with E-state index in [1.807, 2.05) is 0 Å². The minimum Gasteiger partial charge on any atom is -0.393 e.